The monoisotopic (exact) mass is 460 g/mol. The zero-order chi connectivity index (χ0) is 21.9. The van der Waals surface area contributed by atoms with Gasteiger partial charge in [0.2, 0.25) is 10.0 Å². The van der Waals surface area contributed by atoms with E-state index in [1.807, 2.05) is 0 Å². The van der Waals surface area contributed by atoms with Crippen LogP contribution in [0.25, 0.3) is 0 Å². The summed E-state index contributed by atoms with van der Waals surface area (Å²) < 4.78 is 64.6. The molecule has 30 heavy (non-hydrogen) atoms. The molecule has 2 aromatic carbocycles. The van der Waals surface area contributed by atoms with E-state index in [2.05, 4.69) is 5.32 Å². The maximum atomic E-state index is 12.7. The summed E-state index contributed by atoms with van der Waals surface area (Å²) in [5.41, 5.74) is -0.0813. The van der Waals surface area contributed by atoms with Gasteiger partial charge >= 0.3 is 6.18 Å². The maximum absolute atomic E-state index is 12.7. The predicted molar refractivity (Wildman–Crippen MR) is 107 cm³/mol. The van der Waals surface area contributed by atoms with E-state index < -0.39 is 27.7 Å². The van der Waals surface area contributed by atoms with E-state index in [1.165, 1.54) is 34.6 Å². The summed E-state index contributed by atoms with van der Waals surface area (Å²) in [4.78, 5) is 12.5. The van der Waals surface area contributed by atoms with Crippen molar-refractivity contribution < 1.29 is 26.4 Å². The Kier molecular flexibility index (Phi) is 6.74. The number of benzene rings is 2. The quantitative estimate of drug-likeness (QED) is 0.705. The fourth-order valence-electron chi connectivity index (χ4n) is 3.19. The molecule has 0 bridgehead atoms. The summed E-state index contributed by atoms with van der Waals surface area (Å²) in [6.07, 6.45) is -2.49. The van der Waals surface area contributed by atoms with Gasteiger partial charge in [0.1, 0.15) is 0 Å². The lowest BCUT2D eigenvalue weighted by molar-refractivity contribution is -0.137. The summed E-state index contributed by atoms with van der Waals surface area (Å²) in [5, 5.41) is 2.74. The normalized spacial score (nSPS) is 15.3. The van der Waals surface area contributed by atoms with Gasteiger partial charge < -0.3 is 5.32 Å². The molecule has 5 nitrogen and oxygen atoms in total. The van der Waals surface area contributed by atoms with Gasteiger partial charge in [0.05, 0.1) is 21.0 Å². The van der Waals surface area contributed by atoms with E-state index >= 15 is 0 Å². The van der Waals surface area contributed by atoms with E-state index in [1.54, 1.807) is 0 Å². The number of alkyl halides is 3. The first kappa shape index (κ1) is 22.6. The third-order valence-electron chi connectivity index (χ3n) is 4.87. The molecular weight excluding hydrogens is 441 g/mol. The van der Waals surface area contributed by atoms with Gasteiger partial charge in [-0.1, -0.05) is 23.7 Å². The number of carbonyl (C=O) groups is 1. The first-order chi connectivity index (χ1) is 14.1. The van der Waals surface area contributed by atoms with Crippen LogP contribution in [0.3, 0.4) is 0 Å². The SMILES string of the molecule is O=C(NCCc1ccc(C(F)(F)F)cc1)c1cc(S(=O)(=O)N2CCCC2)ccc1Cl. The molecule has 10 heteroatoms. The fourth-order valence-corrected chi connectivity index (χ4v) is 4.94. The number of rotatable bonds is 6. The summed E-state index contributed by atoms with van der Waals surface area (Å²) >= 11 is 6.08. The van der Waals surface area contributed by atoms with E-state index in [4.69, 9.17) is 11.6 Å². The van der Waals surface area contributed by atoms with Gasteiger partial charge in [-0.3, -0.25) is 4.79 Å². The molecule has 1 amide bonds. The molecule has 0 unspecified atom stereocenters. The van der Waals surface area contributed by atoms with Crippen molar-refractivity contribution in [2.75, 3.05) is 19.6 Å². The van der Waals surface area contributed by atoms with Crippen molar-refractivity contribution in [3.63, 3.8) is 0 Å². The Morgan fingerprint density at radius 2 is 1.70 bits per heavy atom. The molecule has 0 atom stereocenters. The van der Waals surface area contributed by atoms with Gasteiger partial charge in [0, 0.05) is 19.6 Å². The van der Waals surface area contributed by atoms with E-state index in [-0.39, 0.29) is 22.0 Å². The summed E-state index contributed by atoms with van der Waals surface area (Å²) in [6, 6.07) is 8.67. The number of sulfonamides is 1. The average Bonchev–Trinajstić information content (AvgIpc) is 3.23. The fraction of sp³-hybridized carbons (Fsp3) is 0.350. The third-order valence-corrected chi connectivity index (χ3v) is 7.09. The highest BCUT2D eigenvalue weighted by atomic mass is 35.5. The smallest absolute Gasteiger partial charge is 0.352 e. The Balaban J connectivity index is 1.65. The van der Waals surface area contributed by atoms with Crippen molar-refractivity contribution >= 4 is 27.5 Å². The van der Waals surface area contributed by atoms with Gasteiger partial charge in [-0.05, 0) is 55.2 Å². The largest absolute Gasteiger partial charge is 0.416 e. The molecule has 1 N–H and O–H groups in total. The molecular formula is C20H20ClF3N2O3S. The first-order valence-electron chi connectivity index (χ1n) is 9.33. The van der Waals surface area contributed by atoms with Crippen molar-refractivity contribution in [2.24, 2.45) is 0 Å². The average molecular weight is 461 g/mol. The van der Waals surface area contributed by atoms with Crippen LogP contribution in [0.2, 0.25) is 5.02 Å². The number of hydrogen-bond donors (Lipinski definition) is 1. The zero-order valence-corrected chi connectivity index (χ0v) is 17.4. The Labute approximate surface area is 177 Å². The van der Waals surface area contributed by atoms with Crippen LogP contribution in [0.15, 0.2) is 47.4 Å². The van der Waals surface area contributed by atoms with E-state index in [9.17, 15) is 26.4 Å². The molecule has 0 spiro atoms. The van der Waals surface area contributed by atoms with Crippen LogP contribution in [0.1, 0.15) is 34.3 Å². The second-order valence-electron chi connectivity index (χ2n) is 6.95. The van der Waals surface area contributed by atoms with E-state index in [0.29, 0.717) is 25.1 Å². The van der Waals surface area contributed by atoms with Crippen LogP contribution in [0.4, 0.5) is 13.2 Å². The van der Waals surface area contributed by atoms with Crippen molar-refractivity contribution in [3.05, 3.63) is 64.2 Å². The number of nitrogens with zero attached hydrogens (tertiary/aromatic N) is 1. The molecule has 1 aliphatic rings. The Bertz CT molecular complexity index is 1020. The lowest BCUT2D eigenvalue weighted by Crippen LogP contribution is -2.29. The van der Waals surface area contributed by atoms with Gasteiger partial charge in [0.15, 0.2) is 0 Å². The molecule has 2 aromatic rings. The van der Waals surface area contributed by atoms with Crippen molar-refractivity contribution in [1.29, 1.82) is 0 Å². The number of amides is 1. The Hall–Kier alpha value is -2.10. The van der Waals surface area contributed by atoms with Crippen molar-refractivity contribution in [1.82, 2.24) is 9.62 Å². The summed E-state index contributed by atoms with van der Waals surface area (Å²) in [6.45, 7) is 1.04. The van der Waals surface area contributed by atoms with Crippen LogP contribution in [0, 0.1) is 0 Å². The van der Waals surface area contributed by atoms with Gasteiger partial charge in [-0.15, -0.1) is 0 Å². The highest BCUT2D eigenvalue weighted by Gasteiger charge is 2.30. The molecule has 1 aliphatic heterocycles. The molecule has 1 heterocycles. The predicted octanol–water partition coefficient (Wildman–Crippen LogP) is 4.12. The van der Waals surface area contributed by atoms with Crippen LogP contribution < -0.4 is 5.32 Å². The van der Waals surface area contributed by atoms with E-state index in [0.717, 1.165) is 25.0 Å². The molecule has 3 rings (SSSR count). The van der Waals surface area contributed by atoms with Crippen LogP contribution in [-0.2, 0) is 22.6 Å². The minimum atomic E-state index is -4.40. The highest BCUT2D eigenvalue weighted by molar-refractivity contribution is 7.89. The highest BCUT2D eigenvalue weighted by Crippen LogP contribution is 2.29. The van der Waals surface area contributed by atoms with Crippen molar-refractivity contribution in [3.8, 4) is 0 Å². The van der Waals surface area contributed by atoms with Crippen LogP contribution in [-0.4, -0.2) is 38.3 Å². The molecule has 0 aromatic heterocycles. The zero-order valence-electron chi connectivity index (χ0n) is 15.9. The topological polar surface area (TPSA) is 66.5 Å². The maximum Gasteiger partial charge on any atom is 0.416 e. The standard InChI is InChI=1S/C20H20ClF3N2O3S/c21-18-8-7-16(30(28,29)26-11-1-2-12-26)13-17(18)19(27)25-10-9-14-3-5-15(6-4-14)20(22,23)24/h3-8,13H,1-2,9-12H2,(H,25,27). The number of nitrogens with one attached hydrogen (secondary N) is 1. The minimum Gasteiger partial charge on any atom is -0.352 e. The molecule has 0 aliphatic carbocycles. The Morgan fingerprint density at radius 1 is 1.07 bits per heavy atom. The van der Waals surface area contributed by atoms with Gasteiger partial charge in [0.25, 0.3) is 5.91 Å². The number of hydrogen-bond acceptors (Lipinski definition) is 3. The molecule has 0 radical (unpaired) electrons. The van der Waals surface area contributed by atoms with Crippen LogP contribution in [0.5, 0.6) is 0 Å². The third kappa shape index (κ3) is 5.14. The first-order valence-corrected chi connectivity index (χ1v) is 11.1. The molecule has 1 fully saturated rings. The molecule has 0 saturated carbocycles. The summed E-state index contributed by atoms with van der Waals surface area (Å²) in [7, 11) is -3.69. The second kappa shape index (κ2) is 8.95. The molecule has 1 saturated heterocycles. The lowest BCUT2D eigenvalue weighted by atomic mass is 10.1. The second-order valence-corrected chi connectivity index (χ2v) is 9.30. The van der Waals surface area contributed by atoms with Crippen LogP contribution >= 0.6 is 11.6 Å². The minimum absolute atomic E-state index is 0.00156. The molecule has 162 valence electrons. The Morgan fingerprint density at radius 3 is 2.30 bits per heavy atom. The van der Waals surface area contributed by atoms with Gasteiger partial charge in [-0.25, -0.2) is 8.42 Å². The van der Waals surface area contributed by atoms with Crippen molar-refractivity contribution in [2.45, 2.75) is 30.3 Å². The number of halogens is 4. The van der Waals surface area contributed by atoms with Gasteiger partial charge in [-0.2, -0.15) is 17.5 Å². The number of carbonyl (C=O) groups excluding carboxylic acids is 1. The lowest BCUT2D eigenvalue weighted by Gasteiger charge is -2.16. The summed E-state index contributed by atoms with van der Waals surface area (Å²) in [5.74, 6) is -0.551.